The molecule has 2 unspecified atom stereocenters. The van der Waals surface area contributed by atoms with Crippen LogP contribution in [0.3, 0.4) is 0 Å². The van der Waals surface area contributed by atoms with Crippen molar-refractivity contribution in [2.45, 2.75) is 64.8 Å². The van der Waals surface area contributed by atoms with E-state index in [4.69, 9.17) is 11.5 Å². The molecule has 3 heteroatoms. The van der Waals surface area contributed by atoms with Crippen LogP contribution in [0.4, 0.5) is 0 Å². The molecule has 5 N–H and O–H groups in total. The molecule has 0 aromatic rings. The maximum absolute atomic E-state index is 5.91. The third kappa shape index (κ3) is 10.7. The fourth-order valence-corrected chi connectivity index (χ4v) is 2.10. The molecule has 0 aliphatic carbocycles. The van der Waals surface area contributed by atoms with Crippen molar-refractivity contribution in [3.8, 4) is 0 Å². The second kappa shape index (κ2) is 12.3. The number of hydrogen-bond acceptors (Lipinski definition) is 3. The van der Waals surface area contributed by atoms with Gasteiger partial charge in [-0.25, -0.2) is 0 Å². The summed E-state index contributed by atoms with van der Waals surface area (Å²) in [5.41, 5.74) is 11.4. The summed E-state index contributed by atoms with van der Waals surface area (Å²) >= 11 is 0. The summed E-state index contributed by atoms with van der Waals surface area (Å²) in [6.07, 6.45) is 8.55. The number of nitrogens with two attached hydrogens (primary N) is 2. The number of nitrogens with one attached hydrogen (secondary N) is 1. The quantitative estimate of drug-likeness (QED) is 0.461. The Labute approximate surface area is 108 Å². The predicted molar refractivity (Wildman–Crippen MR) is 77.1 cm³/mol. The lowest BCUT2D eigenvalue weighted by atomic mass is 9.99. The van der Waals surface area contributed by atoms with Gasteiger partial charge in [0.05, 0.1) is 0 Å². The Bertz CT molecular complexity index is 150. The van der Waals surface area contributed by atoms with Gasteiger partial charge < -0.3 is 16.8 Å². The van der Waals surface area contributed by atoms with Crippen LogP contribution in [0.1, 0.15) is 58.8 Å². The molecule has 0 bridgehead atoms. The minimum absolute atomic E-state index is 0.295. The van der Waals surface area contributed by atoms with Crippen LogP contribution in [0.25, 0.3) is 0 Å². The van der Waals surface area contributed by atoms with Crippen LogP contribution in [0.2, 0.25) is 0 Å². The molecule has 2 atom stereocenters. The zero-order valence-corrected chi connectivity index (χ0v) is 11.9. The Morgan fingerprint density at radius 3 is 2.41 bits per heavy atom. The first kappa shape index (κ1) is 16.9. The van der Waals surface area contributed by atoms with Gasteiger partial charge >= 0.3 is 0 Å². The topological polar surface area (TPSA) is 64.1 Å². The molecule has 0 aliphatic heterocycles. The first-order valence-corrected chi connectivity index (χ1v) is 7.40. The summed E-state index contributed by atoms with van der Waals surface area (Å²) in [4.78, 5) is 0. The minimum atomic E-state index is 0.295. The number of unbranched alkanes of at least 4 members (excludes halogenated alkanes) is 1. The molecule has 0 saturated carbocycles. The van der Waals surface area contributed by atoms with E-state index in [0.29, 0.717) is 12.6 Å². The Morgan fingerprint density at radius 2 is 1.82 bits per heavy atom. The first-order chi connectivity index (χ1) is 8.24. The average Bonchev–Trinajstić information content (AvgIpc) is 2.33. The highest BCUT2D eigenvalue weighted by molar-refractivity contribution is 4.64. The molecule has 0 saturated heterocycles. The Hall–Kier alpha value is -0.120. The van der Waals surface area contributed by atoms with Gasteiger partial charge in [0.15, 0.2) is 0 Å². The number of rotatable bonds is 12. The predicted octanol–water partition coefficient (Wildman–Crippen LogP) is 2.25. The summed E-state index contributed by atoms with van der Waals surface area (Å²) in [6.45, 7) is 7.53. The molecular weight excluding hydrogens is 210 g/mol. The van der Waals surface area contributed by atoms with Crippen LogP contribution >= 0.6 is 0 Å². The van der Waals surface area contributed by atoms with E-state index >= 15 is 0 Å². The van der Waals surface area contributed by atoms with Crippen molar-refractivity contribution in [2.24, 2.45) is 17.4 Å². The molecule has 0 heterocycles. The third-order valence-corrected chi connectivity index (χ3v) is 3.44. The normalized spacial score (nSPS) is 14.8. The van der Waals surface area contributed by atoms with E-state index in [9.17, 15) is 0 Å². The molecule has 104 valence electrons. The van der Waals surface area contributed by atoms with Crippen LogP contribution in [0.5, 0.6) is 0 Å². The van der Waals surface area contributed by atoms with E-state index in [2.05, 4.69) is 19.2 Å². The van der Waals surface area contributed by atoms with Gasteiger partial charge in [-0.3, -0.25) is 0 Å². The van der Waals surface area contributed by atoms with Crippen LogP contribution in [0, 0.1) is 5.92 Å². The Morgan fingerprint density at radius 1 is 1.06 bits per heavy atom. The van der Waals surface area contributed by atoms with Crippen LogP contribution in [-0.4, -0.2) is 25.7 Å². The van der Waals surface area contributed by atoms with Gasteiger partial charge in [0.2, 0.25) is 0 Å². The van der Waals surface area contributed by atoms with Gasteiger partial charge in [0.25, 0.3) is 0 Å². The van der Waals surface area contributed by atoms with Crippen molar-refractivity contribution in [2.75, 3.05) is 19.6 Å². The van der Waals surface area contributed by atoms with Gasteiger partial charge in [-0.2, -0.15) is 0 Å². The standard InChI is InChI=1S/C14H33N3/c1-3-5-7-13(4-2)12-17-11-6-8-14(16)9-10-15/h13-14,17H,3-12,15-16H2,1-2H3. The van der Waals surface area contributed by atoms with E-state index in [1.165, 1.54) is 38.6 Å². The highest BCUT2D eigenvalue weighted by Crippen LogP contribution is 2.11. The second-order valence-electron chi connectivity index (χ2n) is 5.10. The van der Waals surface area contributed by atoms with E-state index in [0.717, 1.165) is 25.3 Å². The maximum atomic E-state index is 5.91. The van der Waals surface area contributed by atoms with Gasteiger partial charge in [-0.1, -0.05) is 33.1 Å². The van der Waals surface area contributed by atoms with Crippen molar-refractivity contribution in [1.29, 1.82) is 0 Å². The number of hydrogen-bond donors (Lipinski definition) is 3. The van der Waals surface area contributed by atoms with E-state index < -0.39 is 0 Å². The fraction of sp³-hybridized carbons (Fsp3) is 1.00. The Kier molecular flexibility index (Phi) is 12.3. The van der Waals surface area contributed by atoms with Crippen LogP contribution in [-0.2, 0) is 0 Å². The van der Waals surface area contributed by atoms with Crippen molar-refractivity contribution < 1.29 is 0 Å². The van der Waals surface area contributed by atoms with E-state index in [1.54, 1.807) is 0 Å². The van der Waals surface area contributed by atoms with E-state index in [-0.39, 0.29) is 0 Å². The lowest BCUT2D eigenvalue weighted by Gasteiger charge is -2.16. The fourth-order valence-electron chi connectivity index (χ4n) is 2.10. The SMILES string of the molecule is CCCCC(CC)CNCCCC(N)CCN. The summed E-state index contributed by atoms with van der Waals surface area (Å²) in [5.74, 6) is 0.854. The van der Waals surface area contributed by atoms with Gasteiger partial charge in [-0.15, -0.1) is 0 Å². The molecule has 0 fully saturated rings. The molecule has 0 rings (SSSR count). The highest BCUT2D eigenvalue weighted by Gasteiger charge is 2.05. The largest absolute Gasteiger partial charge is 0.330 e. The lowest BCUT2D eigenvalue weighted by Crippen LogP contribution is -2.27. The molecule has 0 aromatic heterocycles. The summed E-state index contributed by atoms with van der Waals surface area (Å²) in [5, 5.41) is 3.56. The van der Waals surface area contributed by atoms with Crippen LogP contribution in [0.15, 0.2) is 0 Å². The van der Waals surface area contributed by atoms with Gasteiger partial charge in [-0.05, 0) is 51.2 Å². The third-order valence-electron chi connectivity index (χ3n) is 3.44. The van der Waals surface area contributed by atoms with Gasteiger partial charge in [0.1, 0.15) is 0 Å². The molecular formula is C14H33N3. The molecule has 17 heavy (non-hydrogen) atoms. The Balaban J connectivity index is 3.35. The molecule has 0 aromatic carbocycles. The first-order valence-electron chi connectivity index (χ1n) is 7.40. The minimum Gasteiger partial charge on any atom is -0.330 e. The summed E-state index contributed by atoms with van der Waals surface area (Å²) in [7, 11) is 0. The van der Waals surface area contributed by atoms with Crippen LogP contribution < -0.4 is 16.8 Å². The van der Waals surface area contributed by atoms with E-state index in [1.807, 2.05) is 0 Å². The monoisotopic (exact) mass is 243 g/mol. The molecule has 0 radical (unpaired) electrons. The lowest BCUT2D eigenvalue weighted by molar-refractivity contribution is 0.413. The highest BCUT2D eigenvalue weighted by atomic mass is 14.9. The van der Waals surface area contributed by atoms with Crippen molar-refractivity contribution >= 4 is 0 Å². The summed E-state index contributed by atoms with van der Waals surface area (Å²) < 4.78 is 0. The zero-order chi connectivity index (χ0) is 12.9. The second-order valence-corrected chi connectivity index (χ2v) is 5.10. The summed E-state index contributed by atoms with van der Waals surface area (Å²) in [6, 6.07) is 0.295. The maximum Gasteiger partial charge on any atom is 0.00513 e. The van der Waals surface area contributed by atoms with Crippen molar-refractivity contribution in [3.05, 3.63) is 0 Å². The zero-order valence-electron chi connectivity index (χ0n) is 11.9. The smallest absolute Gasteiger partial charge is 0.00513 e. The van der Waals surface area contributed by atoms with Crippen molar-refractivity contribution in [1.82, 2.24) is 5.32 Å². The molecule has 3 nitrogen and oxygen atoms in total. The van der Waals surface area contributed by atoms with Gasteiger partial charge in [0, 0.05) is 6.04 Å². The van der Waals surface area contributed by atoms with Crippen molar-refractivity contribution in [3.63, 3.8) is 0 Å². The molecule has 0 spiro atoms. The molecule has 0 amide bonds. The molecule has 0 aliphatic rings. The average molecular weight is 243 g/mol.